The van der Waals surface area contributed by atoms with E-state index in [4.69, 9.17) is 5.11 Å². The third-order valence-electron chi connectivity index (χ3n) is 3.02. The number of hydrogen-bond donors (Lipinski definition) is 2. The highest BCUT2D eigenvalue weighted by Gasteiger charge is 2.21. The first-order chi connectivity index (χ1) is 8.54. The maximum Gasteiger partial charge on any atom is 0.320 e. The van der Waals surface area contributed by atoms with Crippen LogP contribution in [0.25, 0.3) is 0 Å². The van der Waals surface area contributed by atoms with Crippen molar-refractivity contribution in [3.05, 3.63) is 35.9 Å². The molecular weight excluding hydrogens is 226 g/mol. The molecule has 2 atom stereocenters. The normalized spacial score (nSPS) is 14.4. The fourth-order valence-electron chi connectivity index (χ4n) is 2.06. The molecule has 0 aliphatic carbocycles. The van der Waals surface area contributed by atoms with Crippen molar-refractivity contribution >= 4 is 5.97 Å². The summed E-state index contributed by atoms with van der Waals surface area (Å²) in [4.78, 5) is 11.1. The highest BCUT2D eigenvalue weighted by molar-refractivity contribution is 5.73. The Morgan fingerprint density at radius 3 is 2.33 bits per heavy atom. The molecule has 0 fully saturated rings. The van der Waals surface area contributed by atoms with Gasteiger partial charge in [0.15, 0.2) is 0 Å². The number of rotatable bonds is 7. The van der Waals surface area contributed by atoms with Gasteiger partial charge in [-0.3, -0.25) is 10.1 Å². The van der Waals surface area contributed by atoms with Crippen molar-refractivity contribution in [2.75, 3.05) is 0 Å². The molecular formula is C15H23NO2. The van der Waals surface area contributed by atoms with Crippen LogP contribution in [0.5, 0.6) is 0 Å². The van der Waals surface area contributed by atoms with E-state index in [-0.39, 0.29) is 6.04 Å². The minimum absolute atomic E-state index is 0.104. The number of hydrogen-bond acceptors (Lipinski definition) is 2. The van der Waals surface area contributed by atoms with E-state index in [0.717, 1.165) is 12.0 Å². The monoisotopic (exact) mass is 249 g/mol. The van der Waals surface area contributed by atoms with E-state index in [9.17, 15) is 4.79 Å². The number of carboxylic acids is 1. The third kappa shape index (κ3) is 4.49. The van der Waals surface area contributed by atoms with E-state index in [0.29, 0.717) is 12.3 Å². The minimum atomic E-state index is -0.776. The first kappa shape index (κ1) is 14.7. The van der Waals surface area contributed by atoms with E-state index in [1.165, 1.54) is 0 Å². The fourth-order valence-corrected chi connectivity index (χ4v) is 2.06. The van der Waals surface area contributed by atoms with Crippen LogP contribution in [0, 0.1) is 5.92 Å². The van der Waals surface area contributed by atoms with Gasteiger partial charge in [0, 0.05) is 6.04 Å². The first-order valence-electron chi connectivity index (χ1n) is 6.58. The number of benzene rings is 1. The summed E-state index contributed by atoms with van der Waals surface area (Å²) in [5.41, 5.74) is 1.16. The lowest BCUT2D eigenvalue weighted by atomic mass is 9.96. The second kappa shape index (κ2) is 7.17. The van der Waals surface area contributed by atoms with Gasteiger partial charge in [-0.2, -0.15) is 0 Å². The number of carbonyl (C=O) groups is 1. The van der Waals surface area contributed by atoms with Crippen molar-refractivity contribution in [3.8, 4) is 0 Å². The molecule has 2 unspecified atom stereocenters. The van der Waals surface area contributed by atoms with Gasteiger partial charge in [-0.05, 0) is 24.3 Å². The van der Waals surface area contributed by atoms with Gasteiger partial charge >= 0.3 is 5.97 Å². The molecule has 3 nitrogen and oxygen atoms in total. The maximum atomic E-state index is 11.1. The lowest BCUT2D eigenvalue weighted by molar-refractivity contribution is -0.139. The lowest BCUT2D eigenvalue weighted by Crippen LogP contribution is -2.39. The van der Waals surface area contributed by atoms with Crippen LogP contribution in [0.1, 0.15) is 45.2 Å². The molecule has 0 radical (unpaired) electrons. The van der Waals surface area contributed by atoms with Gasteiger partial charge in [0.2, 0.25) is 0 Å². The van der Waals surface area contributed by atoms with Crippen molar-refractivity contribution in [1.82, 2.24) is 5.32 Å². The van der Waals surface area contributed by atoms with Crippen LogP contribution < -0.4 is 5.32 Å². The molecule has 0 bridgehead atoms. The summed E-state index contributed by atoms with van der Waals surface area (Å²) in [7, 11) is 0. The highest BCUT2D eigenvalue weighted by atomic mass is 16.4. The molecule has 0 spiro atoms. The fraction of sp³-hybridized carbons (Fsp3) is 0.533. The molecule has 1 rings (SSSR count). The Labute approximate surface area is 109 Å². The molecule has 2 N–H and O–H groups in total. The average Bonchev–Trinajstić information content (AvgIpc) is 2.34. The molecule has 0 aromatic heterocycles. The Morgan fingerprint density at radius 2 is 1.89 bits per heavy atom. The van der Waals surface area contributed by atoms with E-state index in [2.05, 4.69) is 31.3 Å². The SMILES string of the molecule is CCC(NC(CC(C)C)c1ccccc1)C(=O)O. The molecule has 1 aromatic carbocycles. The minimum Gasteiger partial charge on any atom is -0.480 e. The van der Waals surface area contributed by atoms with Crippen LogP contribution in [0.15, 0.2) is 30.3 Å². The van der Waals surface area contributed by atoms with Crippen LogP contribution >= 0.6 is 0 Å². The summed E-state index contributed by atoms with van der Waals surface area (Å²) < 4.78 is 0. The summed E-state index contributed by atoms with van der Waals surface area (Å²) in [6, 6.07) is 9.69. The number of aliphatic carboxylic acids is 1. The molecule has 0 aliphatic heterocycles. The Hall–Kier alpha value is -1.35. The zero-order valence-corrected chi connectivity index (χ0v) is 11.4. The first-order valence-corrected chi connectivity index (χ1v) is 6.58. The molecule has 100 valence electrons. The molecule has 0 saturated carbocycles. The summed E-state index contributed by atoms with van der Waals surface area (Å²) in [5, 5.41) is 12.4. The van der Waals surface area contributed by atoms with Gasteiger partial charge in [-0.1, -0.05) is 51.1 Å². The van der Waals surface area contributed by atoms with Crippen LogP contribution in [0.4, 0.5) is 0 Å². The Bertz CT molecular complexity index is 362. The lowest BCUT2D eigenvalue weighted by Gasteiger charge is -2.24. The van der Waals surface area contributed by atoms with E-state index in [1.54, 1.807) is 0 Å². The maximum absolute atomic E-state index is 11.1. The third-order valence-corrected chi connectivity index (χ3v) is 3.02. The summed E-state index contributed by atoms with van der Waals surface area (Å²) in [5.74, 6) is -0.254. The van der Waals surface area contributed by atoms with Crippen LogP contribution in [-0.4, -0.2) is 17.1 Å². The Morgan fingerprint density at radius 1 is 1.28 bits per heavy atom. The van der Waals surface area contributed by atoms with E-state index in [1.807, 2.05) is 25.1 Å². The number of nitrogens with one attached hydrogen (secondary N) is 1. The molecule has 18 heavy (non-hydrogen) atoms. The van der Waals surface area contributed by atoms with Crippen molar-refractivity contribution in [3.63, 3.8) is 0 Å². The molecule has 0 saturated heterocycles. The Kier molecular flexibility index (Phi) is 5.86. The largest absolute Gasteiger partial charge is 0.480 e. The smallest absolute Gasteiger partial charge is 0.320 e. The number of carboxylic acid groups (broad SMARTS) is 1. The summed E-state index contributed by atoms with van der Waals surface area (Å²) in [6.45, 7) is 6.20. The van der Waals surface area contributed by atoms with Gasteiger partial charge < -0.3 is 5.11 Å². The van der Waals surface area contributed by atoms with Crippen LogP contribution in [-0.2, 0) is 4.79 Å². The van der Waals surface area contributed by atoms with Crippen molar-refractivity contribution in [2.24, 2.45) is 5.92 Å². The van der Waals surface area contributed by atoms with E-state index < -0.39 is 12.0 Å². The van der Waals surface area contributed by atoms with Gasteiger partial charge in [0.25, 0.3) is 0 Å². The van der Waals surface area contributed by atoms with Gasteiger partial charge in [0.05, 0.1) is 0 Å². The summed E-state index contributed by atoms with van der Waals surface area (Å²) in [6.07, 6.45) is 1.53. The van der Waals surface area contributed by atoms with Gasteiger partial charge in [0.1, 0.15) is 6.04 Å². The topological polar surface area (TPSA) is 49.3 Å². The predicted octanol–water partition coefficient (Wildman–Crippen LogP) is 3.23. The molecule has 3 heteroatoms. The zero-order valence-electron chi connectivity index (χ0n) is 11.4. The quantitative estimate of drug-likeness (QED) is 0.780. The molecule has 0 amide bonds. The average molecular weight is 249 g/mol. The summed E-state index contributed by atoms with van der Waals surface area (Å²) >= 11 is 0. The van der Waals surface area contributed by atoms with Crippen molar-refractivity contribution in [1.29, 1.82) is 0 Å². The van der Waals surface area contributed by atoms with Crippen molar-refractivity contribution < 1.29 is 9.90 Å². The van der Waals surface area contributed by atoms with Crippen LogP contribution in [0.3, 0.4) is 0 Å². The van der Waals surface area contributed by atoms with Gasteiger partial charge in [-0.25, -0.2) is 0 Å². The molecule has 1 aromatic rings. The van der Waals surface area contributed by atoms with Crippen molar-refractivity contribution in [2.45, 2.75) is 45.7 Å². The Balaban J connectivity index is 2.82. The van der Waals surface area contributed by atoms with Crippen LogP contribution in [0.2, 0.25) is 0 Å². The second-order valence-corrected chi connectivity index (χ2v) is 5.06. The predicted molar refractivity (Wildman–Crippen MR) is 73.5 cm³/mol. The second-order valence-electron chi connectivity index (χ2n) is 5.06. The standard InChI is InChI=1S/C15H23NO2/c1-4-13(15(17)18)16-14(10-11(2)3)12-8-6-5-7-9-12/h5-9,11,13-14,16H,4,10H2,1-3H3,(H,17,18). The van der Waals surface area contributed by atoms with Gasteiger partial charge in [-0.15, -0.1) is 0 Å². The zero-order chi connectivity index (χ0) is 13.5. The molecule has 0 aliphatic rings. The molecule has 0 heterocycles. The highest BCUT2D eigenvalue weighted by Crippen LogP contribution is 2.22. The van der Waals surface area contributed by atoms with E-state index >= 15 is 0 Å².